The van der Waals surface area contributed by atoms with Crippen molar-refractivity contribution in [2.45, 2.75) is 53.0 Å². The summed E-state index contributed by atoms with van der Waals surface area (Å²) >= 11 is 0. The molecule has 0 aliphatic carbocycles. The average Bonchev–Trinajstić information content (AvgIpc) is 2.96. The van der Waals surface area contributed by atoms with Gasteiger partial charge in [0.25, 0.3) is 5.91 Å². The van der Waals surface area contributed by atoms with Crippen LogP contribution in [0, 0.1) is 12.3 Å². The predicted octanol–water partition coefficient (Wildman–Crippen LogP) is 5.21. The molecule has 1 fully saturated rings. The fourth-order valence-corrected chi connectivity index (χ4v) is 5.28. The number of nitrogens with one attached hydrogen (secondary N) is 2. The number of aryl methyl sites for hydroxylation is 1. The van der Waals surface area contributed by atoms with Gasteiger partial charge < -0.3 is 25.5 Å². The van der Waals surface area contributed by atoms with Crippen molar-refractivity contribution < 1.29 is 24.3 Å². The Balaban J connectivity index is 1.53. The first-order chi connectivity index (χ1) is 20.9. The van der Waals surface area contributed by atoms with Crippen LogP contribution in [-0.4, -0.2) is 59.9 Å². The Hall–Kier alpha value is -4.66. The van der Waals surface area contributed by atoms with Crippen LogP contribution in [0.5, 0.6) is 0 Å². The Bertz CT molecular complexity index is 1470. The number of amides is 3. The zero-order valence-electron chi connectivity index (χ0n) is 25.9. The minimum atomic E-state index is -1.03. The number of aliphatic carboxylic acids is 1. The second kappa shape index (κ2) is 14.2. The van der Waals surface area contributed by atoms with Crippen LogP contribution in [0.4, 0.5) is 11.4 Å². The van der Waals surface area contributed by atoms with E-state index in [0.717, 1.165) is 16.8 Å². The van der Waals surface area contributed by atoms with E-state index in [1.807, 2.05) is 87.2 Å². The lowest BCUT2D eigenvalue weighted by atomic mass is 9.92. The normalized spacial score (nSPS) is 14.1. The van der Waals surface area contributed by atoms with Crippen molar-refractivity contribution >= 4 is 35.1 Å². The van der Waals surface area contributed by atoms with Crippen molar-refractivity contribution in [3.8, 4) is 0 Å². The van der Waals surface area contributed by atoms with E-state index >= 15 is 0 Å². The molecule has 9 heteroatoms. The van der Waals surface area contributed by atoms with Crippen LogP contribution in [-0.2, 0) is 20.8 Å². The molecule has 0 radical (unpaired) electrons. The van der Waals surface area contributed by atoms with Crippen molar-refractivity contribution in [1.82, 2.24) is 10.2 Å². The third-order valence-electron chi connectivity index (χ3n) is 7.56. The topological polar surface area (TPSA) is 119 Å². The Morgan fingerprint density at radius 3 is 2.16 bits per heavy atom. The lowest BCUT2D eigenvalue weighted by Gasteiger charge is -2.37. The number of anilines is 2. The highest BCUT2D eigenvalue weighted by Gasteiger charge is 2.26. The van der Waals surface area contributed by atoms with Gasteiger partial charge in [-0.2, -0.15) is 0 Å². The highest BCUT2D eigenvalue weighted by atomic mass is 16.4. The molecule has 1 aliphatic rings. The standard InChI is InChI=1S/C35H42N4O5/c1-24-10-12-26(13-11-24)28(22-33(42)43)37-34(44)27-14-15-30(29(21-27)36-31(40)23-35(2,3)4)38-16-18-39(19-17-38)32(41)20-25-8-6-5-7-9-25/h5-15,21,28H,16-20,22-23H2,1-4H3,(H,36,40)(H,37,44)(H,42,43). The minimum absolute atomic E-state index is 0.0751. The zero-order chi connectivity index (χ0) is 31.9. The minimum Gasteiger partial charge on any atom is -0.481 e. The summed E-state index contributed by atoms with van der Waals surface area (Å²) in [6.45, 7) is 10.1. The Morgan fingerprint density at radius 2 is 1.55 bits per heavy atom. The fraction of sp³-hybridized carbons (Fsp3) is 0.371. The van der Waals surface area contributed by atoms with Gasteiger partial charge in [0.1, 0.15) is 0 Å². The molecule has 3 N–H and O–H groups in total. The Kier molecular flexibility index (Phi) is 10.4. The number of nitrogens with zero attached hydrogens (tertiary/aromatic N) is 2. The van der Waals surface area contributed by atoms with Crippen LogP contribution in [0.2, 0.25) is 0 Å². The van der Waals surface area contributed by atoms with Crippen LogP contribution in [0.15, 0.2) is 72.8 Å². The maximum absolute atomic E-state index is 13.4. The molecule has 44 heavy (non-hydrogen) atoms. The number of hydrogen-bond acceptors (Lipinski definition) is 5. The second-order valence-electron chi connectivity index (χ2n) is 12.6. The summed E-state index contributed by atoms with van der Waals surface area (Å²) in [5.41, 5.74) is 4.04. The van der Waals surface area contributed by atoms with Crippen molar-refractivity contribution in [3.63, 3.8) is 0 Å². The van der Waals surface area contributed by atoms with Crippen LogP contribution >= 0.6 is 0 Å². The third kappa shape index (κ3) is 9.17. The van der Waals surface area contributed by atoms with E-state index in [1.54, 1.807) is 18.2 Å². The van der Waals surface area contributed by atoms with Crippen LogP contribution in [0.25, 0.3) is 0 Å². The summed E-state index contributed by atoms with van der Waals surface area (Å²) in [6.07, 6.45) is 0.373. The molecule has 1 aliphatic heterocycles. The smallest absolute Gasteiger partial charge is 0.305 e. The van der Waals surface area contributed by atoms with Gasteiger partial charge in [-0.15, -0.1) is 0 Å². The average molecular weight is 599 g/mol. The first kappa shape index (κ1) is 32.3. The van der Waals surface area contributed by atoms with E-state index in [-0.39, 0.29) is 23.7 Å². The second-order valence-corrected chi connectivity index (χ2v) is 12.6. The van der Waals surface area contributed by atoms with Gasteiger partial charge in [-0.1, -0.05) is 80.9 Å². The van der Waals surface area contributed by atoms with Crippen molar-refractivity contribution in [3.05, 3.63) is 95.1 Å². The number of piperazine rings is 1. The molecular weight excluding hydrogens is 556 g/mol. The molecule has 232 valence electrons. The largest absolute Gasteiger partial charge is 0.481 e. The number of benzene rings is 3. The molecule has 9 nitrogen and oxygen atoms in total. The zero-order valence-corrected chi connectivity index (χ0v) is 25.9. The number of carboxylic acids is 1. The number of hydrogen-bond donors (Lipinski definition) is 3. The molecular formula is C35H42N4O5. The lowest BCUT2D eigenvalue weighted by Crippen LogP contribution is -2.49. The van der Waals surface area contributed by atoms with Gasteiger partial charge in [0, 0.05) is 38.2 Å². The quantitative estimate of drug-likeness (QED) is 0.295. The van der Waals surface area contributed by atoms with Crippen LogP contribution < -0.4 is 15.5 Å². The van der Waals surface area contributed by atoms with E-state index < -0.39 is 17.9 Å². The number of rotatable bonds is 10. The van der Waals surface area contributed by atoms with E-state index in [1.165, 1.54) is 0 Å². The SMILES string of the molecule is Cc1ccc(C(CC(=O)O)NC(=O)c2ccc(N3CCN(C(=O)Cc4ccccc4)CC3)c(NC(=O)CC(C)(C)C)c2)cc1. The maximum atomic E-state index is 13.4. The van der Waals surface area contributed by atoms with Crippen molar-refractivity contribution in [2.24, 2.45) is 5.41 Å². The summed E-state index contributed by atoms with van der Waals surface area (Å²) in [7, 11) is 0. The summed E-state index contributed by atoms with van der Waals surface area (Å²) in [6, 6.07) is 21.5. The molecule has 3 aromatic carbocycles. The summed E-state index contributed by atoms with van der Waals surface area (Å²) in [4.78, 5) is 54.9. The molecule has 3 amide bonds. The summed E-state index contributed by atoms with van der Waals surface area (Å²) in [5, 5.41) is 15.4. The Morgan fingerprint density at radius 1 is 0.886 bits per heavy atom. The lowest BCUT2D eigenvalue weighted by molar-refractivity contribution is -0.137. The summed E-state index contributed by atoms with van der Waals surface area (Å²) < 4.78 is 0. The molecule has 1 saturated heterocycles. The van der Waals surface area contributed by atoms with E-state index in [0.29, 0.717) is 55.8 Å². The van der Waals surface area contributed by atoms with E-state index in [4.69, 9.17) is 0 Å². The third-order valence-corrected chi connectivity index (χ3v) is 7.56. The number of carbonyl (C=O) groups excluding carboxylic acids is 3. The van der Waals surface area contributed by atoms with Gasteiger partial charge in [-0.25, -0.2) is 0 Å². The van der Waals surface area contributed by atoms with Gasteiger partial charge >= 0.3 is 5.97 Å². The molecule has 3 aromatic rings. The van der Waals surface area contributed by atoms with Gasteiger partial charge in [0.15, 0.2) is 0 Å². The van der Waals surface area contributed by atoms with Crippen molar-refractivity contribution in [2.75, 3.05) is 36.4 Å². The molecule has 0 aromatic heterocycles. The highest BCUT2D eigenvalue weighted by Crippen LogP contribution is 2.30. The summed E-state index contributed by atoms with van der Waals surface area (Å²) in [5.74, 6) is -1.56. The van der Waals surface area contributed by atoms with Crippen molar-refractivity contribution in [1.29, 1.82) is 0 Å². The van der Waals surface area contributed by atoms with Gasteiger partial charge in [0.2, 0.25) is 11.8 Å². The number of carbonyl (C=O) groups is 4. The fourth-order valence-electron chi connectivity index (χ4n) is 5.28. The molecule has 0 saturated carbocycles. The molecule has 1 atom stereocenters. The molecule has 0 bridgehead atoms. The number of carboxylic acid groups (broad SMARTS) is 1. The monoisotopic (exact) mass is 598 g/mol. The molecule has 0 spiro atoms. The molecule has 4 rings (SSSR count). The van der Waals surface area contributed by atoms with Gasteiger partial charge in [-0.3, -0.25) is 19.2 Å². The predicted molar refractivity (Wildman–Crippen MR) is 172 cm³/mol. The molecule has 1 unspecified atom stereocenters. The van der Waals surface area contributed by atoms with E-state index in [2.05, 4.69) is 15.5 Å². The maximum Gasteiger partial charge on any atom is 0.305 e. The van der Waals surface area contributed by atoms with E-state index in [9.17, 15) is 24.3 Å². The Labute approximate surface area is 259 Å². The molecule has 1 heterocycles. The van der Waals surface area contributed by atoms with Gasteiger partial charge in [0.05, 0.1) is 30.3 Å². The first-order valence-electron chi connectivity index (χ1n) is 15.0. The first-order valence-corrected chi connectivity index (χ1v) is 15.0. The highest BCUT2D eigenvalue weighted by molar-refractivity contribution is 6.00. The van der Waals surface area contributed by atoms with Crippen LogP contribution in [0.3, 0.4) is 0 Å². The van der Waals surface area contributed by atoms with Crippen LogP contribution in [0.1, 0.15) is 66.7 Å². The van der Waals surface area contributed by atoms with Gasteiger partial charge in [-0.05, 0) is 41.7 Å².